The molecule has 20 heavy (non-hydrogen) atoms. The number of aryl methyl sites for hydroxylation is 1. The van der Waals surface area contributed by atoms with Crippen LogP contribution >= 0.6 is 0 Å². The first kappa shape index (κ1) is 14.1. The number of rotatable bonds is 5. The Kier molecular flexibility index (Phi) is 4.74. The van der Waals surface area contributed by atoms with Gasteiger partial charge in [0.1, 0.15) is 11.5 Å². The number of amides is 1. The van der Waals surface area contributed by atoms with E-state index < -0.39 is 0 Å². The number of nitrogens with one attached hydrogen (secondary N) is 2. The molecule has 2 rings (SSSR count). The molecule has 0 aliphatic carbocycles. The molecular formula is C16H18N2O2. The first-order chi connectivity index (χ1) is 9.67. The molecule has 4 heteroatoms. The van der Waals surface area contributed by atoms with Gasteiger partial charge in [-0.2, -0.15) is 0 Å². The van der Waals surface area contributed by atoms with E-state index in [1.807, 2.05) is 55.5 Å². The van der Waals surface area contributed by atoms with E-state index in [4.69, 9.17) is 4.74 Å². The zero-order chi connectivity index (χ0) is 14.4. The molecule has 0 saturated heterocycles. The molecule has 0 aliphatic rings. The predicted molar refractivity (Wildman–Crippen MR) is 80.3 cm³/mol. The molecule has 0 bridgehead atoms. The standard InChI is InChI=1S/C16H18N2O2/c1-12-3-7-14(8-4-12)20-15-9-5-13(6-10-15)18-16(19)11-17-2/h3-10,17H,11H2,1-2H3,(H,18,19). The topological polar surface area (TPSA) is 50.4 Å². The van der Waals surface area contributed by atoms with E-state index in [0.717, 1.165) is 17.2 Å². The summed E-state index contributed by atoms with van der Waals surface area (Å²) in [6.45, 7) is 2.33. The van der Waals surface area contributed by atoms with Crippen LogP contribution in [0.4, 0.5) is 5.69 Å². The minimum Gasteiger partial charge on any atom is -0.457 e. The third-order valence-corrected chi connectivity index (χ3v) is 2.73. The van der Waals surface area contributed by atoms with E-state index in [-0.39, 0.29) is 5.91 Å². The fourth-order valence-corrected chi connectivity index (χ4v) is 1.71. The quantitative estimate of drug-likeness (QED) is 0.878. The maximum atomic E-state index is 11.4. The van der Waals surface area contributed by atoms with Crippen LogP contribution in [0, 0.1) is 6.92 Å². The van der Waals surface area contributed by atoms with Gasteiger partial charge in [0.2, 0.25) is 5.91 Å². The molecule has 0 aliphatic heterocycles. The Labute approximate surface area is 118 Å². The summed E-state index contributed by atoms with van der Waals surface area (Å²) in [5.74, 6) is 1.46. The summed E-state index contributed by atoms with van der Waals surface area (Å²) in [5, 5.41) is 5.58. The van der Waals surface area contributed by atoms with Gasteiger partial charge in [-0.25, -0.2) is 0 Å². The highest BCUT2D eigenvalue weighted by Gasteiger charge is 2.01. The van der Waals surface area contributed by atoms with Gasteiger partial charge >= 0.3 is 0 Å². The summed E-state index contributed by atoms with van der Waals surface area (Å²) in [7, 11) is 1.73. The first-order valence-electron chi connectivity index (χ1n) is 6.46. The third kappa shape index (κ3) is 4.10. The van der Waals surface area contributed by atoms with Gasteiger partial charge in [0.05, 0.1) is 6.54 Å². The van der Waals surface area contributed by atoms with Gasteiger partial charge < -0.3 is 15.4 Å². The molecule has 0 unspecified atom stereocenters. The molecule has 2 aromatic rings. The van der Waals surface area contributed by atoms with Gasteiger partial charge in [0.15, 0.2) is 0 Å². The SMILES string of the molecule is CNCC(=O)Nc1ccc(Oc2ccc(C)cc2)cc1. The van der Waals surface area contributed by atoms with Crippen molar-refractivity contribution in [1.29, 1.82) is 0 Å². The molecule has 2 aromatic carbocycles. The number of carbonyl (C=O) groups excluding carboxylic acids is 1. The summed E-state index contributed by atoms with van der Waals surface area (Å²) < 4.78 is 5.72. The lowest BCUT2D eigenvalue weighted by Gasteiger charge is -2.08. The van der Waals surface area contributed by atoms with Crippen molar-refractivity contribution in [3.63, 3.8) is 0 Å². The van der Waals surface area contributed by atoms with Crippen LogP contribution in [0.5, 0.6) is 11.5 Å². The summed E-state index contributed by atoms with van der Waals surface area (Å²) in [6.07, 6.45) is 0. The normalized spacial score (nSPS) is 10.1. The number of likely N-dealkylation sites (N-methyl/N-ethyl adjacent to an activating group) is 1. The second-order valence-electron chi connectivity index (χ2n) is 4.52. The number of carbonyl (C=O) groups is 1. The van der Waals surface area contributed by atoms with Crippen LogP contribution in [0.1, 0.15) is 5.56 Å². The highest BCUT2D eigenvalue weighted by Crippen LogP contribution is 2.23. The largest absolute Gasteiger partial charge is 0.457 e. The Morgan fingerprint density at radius 2 is 1.55 bits per heavy atom. The molecule has 0 saturated carbocycles. The Morgan fingerprint density at radius 3 is 2.10 bits per heavy atom. The fourth-order valence-electron chi connectivity index (χ4n) is 1.71. The van der Waals surface area contributed by atoms with Crippen molar-refractivity contribution in [1.82, 2.24) is 5.32 Å². The van der Waals surface area contributed by atoms with Crippen LogP contribution in [0.25, 0.3) is 0 Å². The van der Waals surface area contributed by atoms with Crippen molar-refractivity contribution < 1.29 is 9.53 Å². The van der Waals surface area contributed by atoms with Gasteiger partial charge in [-0.1, -0.05) is 17.7 Å². The number of benzene rings is 2. The van der Waals surface area contributed by atoms with E-state index in [1.54, 1.807) is 7.05 Å². The van der Waals surface area contributed by atoms with E-state index in [9.17, 15) is 4.79 Å². The average Bonchev–Trinajstić information content (AvgIpc) is 2.44. The van der Waals surface area contributed by atoms with Crippen molar-refractivity contribution >= 4 is 11.6 Å². The monoisotopic (exact) mass is 270 g/mol. The minimum absolute atomic E-state index is 0.0697. The molecule has 4 nitrogen and oxygen atoms in total. The molecule has 0 atom stereocenters. The lowest BCUT2D eigenvalue weighted by Crippen LogP contribution is -2.24. The van der Waals surface area contributed by atoms with E-state index >= 15 is 0 Å². The van der Waals surface area contributed by atoms with E-state index in [2.05, 4.69) is 10.6 Å². The number of hydrogen-bond donors (Lipinski definition) is 2. The maximum absolute atomic E-state index is 11.4. The van der Waals surface area contributed by atoms with Crippen molar-refractivity contribution in [2.45, 2.75) is 6.92 Å². The van der Waals surface area contributed by atoms with Crippen LogP contribution in [-0.2, 0) is 4.79 Å². The summed E-state index contributed by atoms with van der Waals surface area (Å²) in [5.41, 5.74) is 1.95. The highest BCUT2D eigenvalue weighted by molar-refractivity contribution is 5.92. The van der Waals surface area contributed by atoms with Crippen LogP contribution < -0.4 is 15.4 Å². The van der Waals surface area contributed by atoms with Crippen LogP contribution in [-0.4, -0.2) is 19.5 Å². The van der Waals surface area contributed by atoms with Crippen molar-refractivity contribution in [2.24, 2.45) is 0 Å². The number of hydrogen-bond acceptors (Lipinski definition) is 3. The van der Waals surface area contributed by atoms with Crippen LogP contribution in [0.2, 0.25) is 0 Å². The Hall–Kier alpha value is -2.33. The van der Waals surface area contributed by atoms with E-state index in [0.29, 0.717) is 6.54 Å². The lowest BCUT2D eigenvalue weighted by atomic mass is 10.2. The minimum atomic E-state index is -0.0697. The van der Waals surface area contributed by atoms with Crippen molar-refractivity contribution in [3.05, 3.63) is 54.1 Å². The molecule has 0 spiro atoms. The highest BCUT2D eigenvalue weighted by atomic mass is 16.5. The van der Waals surface area contributed by atoms with Gasteiger partial charge in [0.25, 0.3) is 0 Å². The van der Waals surface area contributed by atoms with Crippen molar-refractivity contribution in [2.75, 3.05) is 18.9 Å². The molecule has 0 heterocycles. The lowest BCUT2D eigenvalue weighted by molar-refractivity contribution is -0.115. The van der Waals surface area contributed by atoms with Gasteiger partial charge in [0, 0.05) is 5.69 Å². The average molecular weight is 270 g/mol. The summed E-state index contributed by atoms with van der Waals surface area (Å²) >= 11 is 0. The molecule has 0 fully saturated rings. The Balaban J connectivity index is 1.97. The predicted octanol–water partition coefficient (Wildman–Crippen LogP) is 2.95. The Bertz CT molecular complexity index is 562. The molecule has 0 aromatic heterocycles. The molecule has 0 radical (unpaired) electrons. The van der Waals surface area contributed by atoms with Crippen molar-refractivity contribution in [3.8, 4) is 11.5 Å². The second-order valence-corrected chi connectivity index (χ2v) is 4.52. The van der Waals surface area contributed by atoms with Gasteiger partial charge in [-0.3, -0.25) is 4.79 Å². The number of ether oxygens (including phenoxy) is 1. The second kappa shape index (κ2) is 6.73. The molecule has 104 valence electrons. The van der Waals surface area contributed by atoms with Crippen LogP contribution in [0.15, 0.2) is 48.5 Å². The Morgan fingerprint density at radius 1 is 1.00 bits per heavy atom. The third-order valence-electron chi connectivity index (χ3n) is 2.73. The zero-order valence-electron chi connectivity index (χ0n) is 11.6. The first-order valence-corrected chi connectivity index (χ1v) is 6.46. The maximum Gasteiger partial charge on any atom is 0.238 e. The molecule has 2 N–H and O–H groups in total. The number of anilines is 1. The smallest absolute Gasteiger partial charge is 0.238 e. The van der Waals surface area contributed by atoms with Crippen LogP contribution in [0.3, 0.4) is 0 Å². The van der Waals surface area contributed by atoms with Gasteiger partial charge in [-0.15, -0.1) is 0 Å². The zero-order valence-corrected chi connectivity index (χ0v) is 11.6. The fraction of sp³-hybridized carbons (Fsp3) is 0.188. The summed E-state index contributed by atoms with van der Waals surface area (Å²) in [6, 6.07) is 15.1. The van der Waals surface area contributed by atoms with E-state index in [1.165, 1.54) is 5.56 Å². The molecular weight excluding hydrogens is 252 g/mol. The van der Waals surface area contributed by atoms with Gasteiger partial charge in [-0.05, 0) is 50.4 Å². The molecule has 1 amide bonds. The summed E-state index contributed by atoms with van der Waals surface area (Å²) in [4.78, 5) is 11.4.